The molecule has 4 aliphatic heterocycles. The topological polar surface area (TPSA) is 32.3 Å². The maximum atomic E-state index is 12.9. The van der Waals surface area contributed by atoms with Gasteiger partial charge in [-0.25, -0.2) is 0 Å². The molecule has 0 aromatic heterocycles. The van der Waals surface area contributed by atoms with E-state index in [9.17, 15) is 4.79 Å². The highest BCUT2D eigenvalue weighted by molar-refractivity contribution is 5.96. The van der Waals surface area contributed by atoms with Crippen LogP contribution in [0.2, 0.25) is 0 Å². The Morgan fingerprint density at radius 2 is 1.68 bits per heavy atom. The summed E-state index contributed by atoms with van der Waals surface area (Å²) < 4.78 is 0. The number of piperidine rings is 4. The maximum Gasteiger partial charge on any atom is 0.254 e. The summed E-state index contributed by atoms with van der Waals surface area (Å²) in [6.07, 6.45) is 4.57. The molecule has 0 radical (unpaired) electrons. The number of aryl methyl sites for hydroxylation is 1. The zero-order valence-corrected chi connectivity index (χ0v) is 11.3. The van der Waals surface area contributed by atoms with Crippen LogP contribution in [0, 0.1) is 6.92 Å². The van der Waals surface area contributed by atoms with Gasteiger partial charge in [0.25, 0.3) is 5.91 Å². The Hall–Kier alpha value is -1.35. The minimum atomic E-state index is 0.256. The SMILES string of the molecule is Cc1ccccc1C(=O)N1C2CC3CC1CC(C2)N3. The van der Waals surface area contributed by atoms with Gasteiger partial charge in [-0.3, -0.25) is 4.79 Å². The second-order valence-electron chi connectivity index (χ2n) is 6.34. The summed E-state index contributed by atoms with van der Waals surface area (Å²) in [6.45, 7) is 2.03. The molecule has 4 bridgehead atoms. The molecule has 4 heterocycles. The molecule has 0 spiro atoms. The lowest BCUT2D eigenvalue weighted by Gasteiger charge is -2.57. The molecule has 3 heteroatoms. The summed E-state index contributed by atoms with van der Waals surface area (Å²) in [5.74, 6) is 0.256. The fourth-order valence-corrected chi connectivity index (χ4v) is 4.34. The number of hydrogen-bond donors (Lipinski definition) is 1. The molecule has 4 fully saturated rings. The molecular weight excluding hydrogens is 236 g/mol. The Bertz CT molecular complexity index is 497. The molecule has 0 unspecified atom stereocenters. The summed E-state index contributed by atoms with van der Waals surface area (Å²) in [7, 11) is 0. The third kappa shape index (κ3) is 1.71. The number of amides is 1. The number of hydrogen-bond acceptors (Lipinski definition) is 2. The highest BCUT2D eigenvalue weighted by Gasteiger charge is 2.48. The number of carbonyl (C=O) groups is 1. The van der Waals surface area contributed by atoms with Crippen LogP contribution in [0.15, 0.2) is 24.3 Å². The monoisotopic (exact) mass is 256 g/mol. The lowest BCUT2D eigenvalue weighted by Crippen LogP contribution is -2.68. The highest BCUT2D eigenvalue weighted by atomic mass is 16.2. The molecule has 4 aliphatic rings. The van der Waals surface area contributed by atoms with E-state index in [4.69, 9.17) is 0 Å². The standard InChI is InChI=1S/C16H20N2O/c1-10-4-2-3-5-15(10)16(19)18-13-6-11-7-14(18)9-12(8-13)17-11/h2-5,11-14,17H,6-9H2,1H3. The second-order valence-corrected chi connectivity index (χ2v) is 6.34. The van der Waals surface area contributed by atoms with Crippen molar-refractivity contribution in [2.75, 3.05) is 0 Å². The fourth-order valence-electron chi connectivity index (χ4n) is 4.34. The van der Waals surface area contributed by atoms with Crippen molar-refractivity contribution in [3.05, 3.63) is 35.4 Å². The van der Waals surface area contributed by atoms with Crippen LogP contribution in [0.25, 0.3) is 0 Å². The Morgan fingerprint density at radius 3 is 2.26 bits per heavy atom. The van der Waals surface area contributed by atoms with Crippen LogP contribution in [0.4, 0.5) is 0 Å². The normalized spacial score (nSPS) is 35.7. The Morgan fingerprint density at radius 1 is 1.11 bits per heavy atom. The van der Waals surface area contributed by atoms with Gasteiger partial charge in [-0.2, -0.15) is 0 Å². The van der Waals surface area contributed by atoms with Crippen molar-refractivity contribution in [2.45, 2.75) is 56.8 Å². The van der Waals surface area contributed by atoms with Crippen LogP contribution >= 0.6 is 0 Å². The lowest BCUT2D eigenvalue weighted by molar-refractivity contribution is -0.0172. The highest BCUT2D eigenvalue weighted by Crippen LogP contribution is 2.40. The molecule has 0 atom stereocenters. The van der Waals surface area contributed by atoms with Gasteiger partial charge >= 0.3 is 0 Å². The van der Waals surface area contributed by atoms with E-state index in [0.717, 1.165) is 36.8 Å². The van der Waals surface area contributed by atoms with Crippen LogP contribution < -0.4 is 5.32 Å². The number of nitrogens with one attached hydrogen (secondary N) is 1. The van der Waals surface area contributed by atoms with Crippen molar-refractivity contribution in [3.8, 4) is 0 Å². The van der Waals surface area contributed by atoms with Gasteiger partial charge in [0.05, 0.1) is 0 Å². The lowest BCUT2D eigenvalue weighted by atomic mass is 9.74. The van der Waals surface area contributed by atoms with E-state index in [1.165, 1.54) is 0 Å². The van der Waals surface area contributed by atoms with Crippen molar-refractivity contribution in [1.82, 2.24) is 10.2 Å². The van der Waals surface area contributed by atoms with Crippen molar-refractivity contribution in [2.24, 2.45) is 0 Å². The summed E-state index contributed by atoms with van der Waals surface area (Å²) in [5, 5.41) is 3.69. The molecule has 5 rings (SSSR count). The van der Waals surface area contributed by atoms with E-state index >= 15 is 0 Å². The van der Waals surface area contributed by atoms with Gasteiger partial charge in [-0.05, 0) is 44.2 Å². The predicted molar refractivity (Wildman–Crippen MR) is 74.1 cm³/mol. The molecule has 1 aromatic carbocycles. The van der Waals surface area contributed by atoms with E-state index in [2.05, 4.69) is 10.2 Å². The van der Waals surface area contributed by atoms with Crippen LogP contribution in [-0.2, 0) is 0 Å². The molecule has 3 nitrogen and oxygen atoms in total. The molecule has 0 saturated carbocycles. The maximum absolute atomic E-state index is 12.9. The quantitative estimate of drug-likeness (QED) is 0.834. The predicted octanol–water partition coefficient (Wildman–Crippen LogP) is 2.10. The molecule has 4 saturated heterocycles. The van der Waals surface area contributed by atoms with Gasteiger partial charge < -0.3 is 10.2 Å². The molecule has 19 heavy (non-hydrogen) atoms. The van der Waals surface area contributed by atoms with E-state index in [-0.39, 0.29) is 5.91 Å². The largest absolute Gasteiger partial charge is 0.332 e. The summed E-state index contributed by atoms with van der Waals surface area (Å²) in [4.78, 5) is 15.1. The number of nitrogens with zero attached hydrogens (tertiary/aromatic N) is 1. The molecule has 0 aliphatic carbocycles. The van der Waals surface area contributed by atoms with Crippen LogP contribution in [0.5, 0.6) is 0 Å². The minimum absolute atomic E-state index is 0.256. The van der Waals surface area contributed by atoms with Crippen molar-refractivity contribution >= 4 is 5.91 Å². The number of benzene rings is 1. The van der Waals surface area contributed by atoms with Crippen LogP contribution in [-0.4, -0.2) is 35.0 Å². The summed E-state index contributed by atoms with van der Waals surface area (Å²) in [6, 6.07) is 10.2. The second kappa shape index (κ2) is 4.07. The molecule has 1 amide bonds. The third-order valence-electron chi connectivity index (χ3n) is 5.09. The van der Waals surface area contributed by atoms with E-state index in [1.54, 1.807) is 0 Å². The summed E-state index contributed by atoms with van der Waals surface area (Å²) >= 11 is 0. The molecule has 100 valence electrons. The van der Waals surface area contributed by atoms with E-state index in [0.29, 0.717) is 24.2 Å². The van der Waals surface area contributed by atoms with Gasteiger partial charge in [0.15, 0.2) is 0 Å². The number of carbonyl (C=O) groups excluding carboxylic acids is 1. The van der Waals surface area contributed by atoms with Gasteiger partial charge in [0.2, 0.25) is 0 Å². The van der Waals surface area contributed by atoms with Crippen LogP contribution in [0.3, 0.4) is 0 Å². The van der Waals surface area contributed by atoms with E-state index in [1.807, 2.05) is 31.2 Å². The third-order valence-corrected chi connectivity index (χ3v) is 5.09. The Balaban J connectivity index is 1.66. The van der Waals surface area contributed by atoms with Crippen molar-refractivity contribution < 1.29 is 4.79 Å². The number of rotatable bonds is 1. The first kappa shape index (κ1) is 11.5. The van der Waals surface area contributed by atoms with Crippen LogP contribution in [0.1, 0.15) is 41.6 Å². The average molecular weight is 256 g/mol. The van der Waals surface area contributed by atoms with Gasteiger partial charge in [0, 0.05) is 29.7 Å². The molecule has 1 aromatic rings. The smallest absolute Gasteiger partial charge is 0.254 e. The molecular formula is C16H20N2O. The van der Waals surface area contributed by atoms with E-state index < -0.39 is 0 Å². The first-order valence-electron chi connectivity index (χ1n) is 7.36. The summed E-state index contributed by atoms with van der Waals surface area (Å²) in [5.41, 5.74) is 1.99. The van der Waals surface area contributed by atoms with Crippen molar-refractivity contribution in [1.29, 1.82) is 0 Å². The van der Waals surface area contributed by atoms with Gasteiger partial charge in [-0.15, -0.1) is 0 Å². The Kier molecular flexibility index (Phi) is 2.46. The van der Waals surface area contributed by atoms with Gasteiger partial charge in [-0.1, -0.05) is 18.2 Å². The zero-order valence-electron chi connectivity index (χ0n) is 11.3. The zero-order chi connectivity index (χ0) is 13.0. The first-order valence-corrected chi connectivity index (χ1v) is 7.36. The molecule has 1 N–H and O–H groups in total. The van der Waals surface area contributed by atoms with Gasteiger partial charge in [0.1, 0.15) is 0 Å². The Labute approximate surface area is 114 Å². The first-order chi connectivity index (χ1) is 9.22. The fraction of sp³-hybridized carbons (Fsp3) is 0.562. The van der Waals surface area contributed by atoms with Crippen molar-refractivity contribution in [3.63, 3.8) is 0 Å². The average Bonchev–Trinajstić information content (AvgIpc) is 2.37. The minimum Gasteiger partial charge on any atom is -0.332 e.